The Bertz CT molecular complexity index is 357. The number of rotatable bonds is 4. The van der Waals surface area contributed by atoms with Crippen LogP contribution in [0.1, 0.15) is 46.0 Å². The summed E-state index contributed by atoms with van der Waals surface area (Å²) in [5, 5.41) is 12.4. The van der Waals surface area contributed by atoms with Gasteiger partial charge < -0.3 is 5.32 Å². The molecule has 2 unspecified atom stereocenters. The summed E-state index contributed by atoms with van der Waals surface area (Å²) in [5.74, 6) is -0.0613. The minimum absolute atomic E-state index is 0.0613. The minimum atomic E-state index is -0.827. The van der Waals surface area contributed by atoms with E-state index in [1.165, 1.54) is 19.4 Å². The van der Waals surface area contributed by atoms with Crippen LogP contribution in [0.25, 0.3) is 0 Å². The van der Waals surface area contributed by atoms with Crippen LogP contribution >= 0.6 is 0 Å². The number of nitriles is 1. The molecule has 2 saturated heterocycles. The fourth-order valence-corrected chi connectivity index (χ4v) is 3.34. The second-order valence-electron chi connectivity index (χ2n) is 5.52. The van der Waals surface area contributed by atoms with Crippen molar-refractivity contribution in [3.8, 4) is 6.07 Å². The highest BCUT2D eigenvalue weighted by Gasteiger charge is 2.41. The lowest BCUT2D eigenvalue weighted by molar-refractivity contribution is -0.129. The Kier molecular flexibility index (Phi) is 3.91. The first kappa shape index (κ1) is 13.4. The molecule has 0 bridgehead atoms. The summed E-state index contributed by atoms with van der Waals surface area (Å²) in [6, 6.07) is 2.99. The van der Waals surface area contributed by atoms with Crippen LogP contribution in [-0.4, -0.2) is 36.0 Å². The van der Waals surface area contributed by atoms with Gasteiger partial charge in [0, 0.05) is 18.6 Å². The standard InChI is InChI=1S/C14H23N3O/c1-3-14(4-2,10-15)13(18)16-11-7-9-17-8-5-6-12(11)17/h11-12H,3-9H2,1-2H3,(H,16,18). The highest BCUT2D eigenvalue weighted by Crippen LogP contribution is 2.30. The number of carbonyl (C=O) groups excluding carboxylic acids is 1. The summed E-state index contributed by atoms with van der Waals surface area (Å²) >= 11 is 0. The third-order valence-electron chi connectivity index (χ3n) is 4.78. The quantitative estimate of drug-likeness (QED) is 0.824. The van der Waals surface area contributed by atoms with E-state index in [0.717, 1.165) is 13.0 Å². The largest absolute Gasteiger partial charge is 0.350 e. The Morgan fingerprint density at radius 2 is 2.11 bits per heavy atom. The fraction of sp³-hybridized carbons (Fsp3) is 0.857. The number of nitrogens with one attached hydrogen (secondary N) is 1. The molecular formula is C14H23N3O. The van der Waals surface area contributed by atoms with Gasteiger partial charge in [0.05, 0.1) is 6.07 Å². The molecule has 2 aliphatic heterocycles. The van der Waals surface area contributed by atoms with Crippen molar-refractivity contribution in [3.63, 3.8) is 0 Å². The van der Waals surface area contributed by atoms with Crippen molar-refractivity contribution in [2.45, 2.75) is 58.0 Å². The number of fused-ring (bicyclic) bond motifs is 1. The van der Waals surface area contributed by atoms with E-state index in [9.17, 15) is 10.1 Å². The van der Waals surface area contributed by atoms with Gasteiger partial charge in [0.15, 0.2) is 0 Å². The van der Waals surface area contributed by atoms with Crippen LogP contribution in [0.5, 0.6) is 0 Å². The predicted molar refractivity (Wildman–Crippen MR) is 69.8 cm³/mol. The monoisotopic (exact) mass is 249 g/mol. The second kappa shape index (κ2) is 5.27. The highest BCUT2D eigenvalue weighted by atomic mass is 16.2. The number of nitrogens with zero attached hydrogens (tertiary/aromatic N) is 2. The molecule has 2 heterocycles. The molecule has 4 heteroatoms. The number of amides is 1. The maximum atomic E-state index is 12.4. The van der Waals surface area contributed by atoms with Crippen LogP contribution in [0.15, 0.2) is 0 Å². The minimum Gasteiger partial charge on any atom is -0.350 e. The van der Waals surface area contributed by atoms with Gasteiger partial charge in [0.2, 0.25) is 5.91 Å². The molecular weight excluding hydrogens is 226 g/mol. The van der Waals surface area contributed by atoms with Gasteiger partial charge in [-0.25, -0.2) is 0 Å². The molecule has 18 heavy (non-hydrogen) atoms. The summed E-state index contributed by atoms with van der Waals surface area (Å²) in [6.07, 6.45) is 4.63. The SMILES string of the molecule is CCC(C#N)(CC)C(=O)NC1CCN2CCCC12. The maximum absolute atomic E-state index is 12.4. The summed E-state index contributed by atoms with van der Waals surface area (Å²) in [6.45, 7) is 6.10. The Morgan fingerprint density at radius 1 is 1.39 bits per heavy atom. The number of hydrogen-bond donors (Lipinski definition) is 1. The van der Waals surface area contributed by atoms with Gasteiger partial charge in [-0.15, -0.1) is 0 Å². The van der Waals surface area contributed by atoms with Gasteiger partial charge >= 0.3 is 0 Å². The van der Waals surface area contributed by atoms with E-state index in [-0.39, 0.29) is 11.9 Å². The lowest BCUT2D eigenvalue weighted by Gasteiger charge is -2.27. The first-order chi connectivity index (χ1) is 8.66. The molecule has 1 amide bonds. The summed E-state index contributed by atoms with van der Waals surface area (Å²) in [4.78, 5) is 14.8. The summed E-state index contributed by atoms with van der Waals surface area (Å²) in [5.41, 5.74) is -0.827. The van der Waals surface area contributed by atoms with E-state index in [1.807, 2.05) is 13.8 Å². The van der Waals surface area contributed by atoms with Crippen LogP contribution < -0.4 is 5.32 Å². The van der Waals surface area contributed by atoms with Crippen LogP contribution in [0, 0.1) is 16.7 Å². The van der Waals surface area contributed by atoms with Crippen LogP contribution in [0.2, 0.25) is 0 Å². The normalized spacial score (nSPS) is 27.8. The maximum Gasteiger partial charge on any atom is 0.240 e. The molecule has 100 valence electrons. The van der Waals surface area contributed by atoms with Crippen molar-refractivity contribution in [3.05, 3.63) is 0 Å². The zero-order valence-corrected chi connectivity index (χ0v) is 11.4. The van der Waals surface area contributed by atoms with Crippen LogP contribution in [0.4, 0.5) is 0 Å². The van der Waals surface area contributed by atoms with Gasteiger partial charge in [-0.3, -0.25) is 9.69 Å². The zero-order valence-electron chi connectivity index (χ0n) is 11.4. The van der Waals surface area contributed by atoms with E-state index in [4.69, 9.17) is 0 Å². The van der Waals surface area contributed by atoms with Crippen molar-refractivity contribution < 1.29 is 4.79 Å². The third kappa shape index (κ3) is 2.12. The molecule has 4 nitrogen and oxygen atoms in total. The Morgan fingerprint density at radius 3 is 2.72 bits per heavy atom. The molecule has 2 atom stereocenters. The van der Waals surface area contributed by atoms with E-state index in [1.54, 1.807) is 0 Å². The second-order valence-corrected chi connectivity index (χ2v) is 5.52. The predicted octanol–water partition coefficient (Wildman–Crippen LogP) is 1.67. The summed E-state index contributed by atoms with van der Waals surface area (Å²) < 4.78 is 0. The highest BCUT2D eigenvalue weighted by molar-refractivity contribution is 5.85. The Labute approximate surface area is 109 Å². The molecule has 0 aromatic carbocycles. The average Bonchev–Trinajstić information content (AvgIpc) is 2.97. The Balaban J connectivity index is 2.01. The van der Waals surface area contributed by atoms with Crippen molar-refractivity contribution in [2.24, 2.45) is 5.41 Å². The molecule has 0 radical (unpaired) electrons. The molecule has 0 aromatic rings. The van der Waals surface area contributed by atoms with Crippen LogP contribution in [0.3, 0.4) is 0 Å². The smallest absolute Gasteiger partial charge is 0.240 e. The molecule has 2 aliphatic rings. The molecule has 2 fully saturated rings. The summed E-state index contributed by atoms with van der Waals surface area (Å²) in [7, 11) is 0. The van der Waals surface area contributed by atoms with Crippen molar-refractivity contribution in [1.82, 2.24) is 10.2 Å². The molecule has 0 saturated carbocycles. The lowest BCUT2D eigenvalue weighted by atomic mass is 9.82. The topological polar surface area (TPSA) is 56.1 Å². The van der Waals surface area contributed by atoms with E-state index in [0.29, 0.717) is 18.9 Å². The molecule has 1 N–H and O–H groups in total. The van der Waals surface area contributed by atoms with Gasteiger partial charge in [0.1, 0.15) is 5.41 Å². The van der Waals surface area contributed by atoms with Crippen LogP contribution in [-0.2, 0) is 4.79 Å². The number of hydrogen-bond acceptors (Lipinski definition) is 3. The van der Waals surface area contributed by atoms with Gasteiger partial charge in [-0.1, -0.05) is 13.8 Å². The fourth-order valence-electron chi connectivity index (χ4n) is 3.34. The van der Waals surface area contributed by atoms with E-state index < -0.39 is 5.41 Å². The van der Waals surface area contributed by atoms with Gasteiger partial charge in [-0.05, 0) is 38.6 Å². The molecule has 0 aromatic heterocycles. The Hall–Kier alpha value is -1.08. The zero-order chi connectivity index (χ0) is 13.2. The molecule has 0 spiro atoms. The van der Waals surface area contributed by atoms with E-state index in [2.05, 4.69) is 16.3 Å². The first-order valence-corrected chi connectivity index (χ1v) is 7.13. The average molecular weight is 249 g/mol. The lowest BCUT2D eigenvalue weighted by Crippen LogP contribution is -2.48. The van der Waals surface area contributed by atoms with Crippen molar-refractivity contribution in [1.29, 1.82) is 5.26 Å². The number of carbonyl (C=O) groups is 1. The van der Waals surface area contributed by atoms with Crippen molar-refractivity contribution in [2.75, 3.05) is 13.1 Å². The van der Waals surface area contributed by atoms with Crippen molar-refractivity contribution >= 4 is 5.91 Å². The van der Waals surface area contributed by atoms with Gasteiger partial charge in [0.25, 0.3) is 0 Å². The molecule has 2 rings (SSSR count). The first-order valence-electron chi connectivity index (χ1n) is 7.13. The van der Waals surface area contributed by atoms with Gasteiger partial charge in [-0.2, -0.15) is 5.26 Å². The third-order valence-corrected chi connectivity index (χ3v) is 4.78. The van der Waals surface area contributed by atoms with E-state index >= 15 is 0 Å². The molecule has 0 aliphatic carbocycles.